The van der Waals surface area contributed by atoms with E-state index >= 15 is 0 Å². The van der Waals surface area contributed by atoms with Crippen LogP contribution in [0.3, 0.4) is 0 Å². The second-order valence-electron chi connectivity index (χ2n) is 5.22. The van der Waals surface area contributed by atoms with Crippen LogP contribution in [0, 0.1) is 0 Å². The zero-order valence-electron chi connectivity index (χ0n) is 12.4. The number of unbranched alkanes of at least 4 members (excludes halogenated alkanes) is 3. The molecule has 20 heavy (non-hydrogen) atoms. The minimum absolute atomic E-state index is 0.978. The highest BCUT2D eigenvalue weighted by molar-refractivity contribution is 7.98. The first kappa shape index (κ1) is 15.4. The van der Waals surface area contributed by atoms with E-state index in [1.54, 1.807) is 0 Å². The Morgan fingerprint density at radius 2 is 1.70 bits per heavy atom. The zero-order chi connectivity index (χ0) is 14.0. The van der Waals surface area contributed by atoms with Gasteiger partial charge in [0.05, 0.1) is 0 Å². The van der Waals surface area contributed by atoms with Crippen molar-refractivity contribution in [3.8, 4) is 0 Å². The van der Waals surface area contributed by atoms with Gasteiger partial charge in [0.25, 0.3) is 0 Å². The van der Waals surface area contributed by atoms with Crippen LogP contribution in [0.4, 0.5) is 0 Å². The third kappa shape index (κ3) is 4.84. The van der Waals surface area contributed by atoms with Crippen LogP contribution in [0.1, 0.15) is 31.2 Å². The first-order valence-corrected chi connectivity index (χ1v) is 8.97. The summed E-state index contributed by atoms with van der Waals surface area (Å²) < 4.78 is 0. The molecular formula is C18H25NS. The third-order valence-corrected chi connectivity index (χ3v) is 4.34. The second kappa shape index (κ2) is 9.04. The van der Waals surface area contributed by atoms with Crippen LogP contribution in [0.15, 0.2) is 42.5 Å². The fourth-order valence-electron chi connectivity index (χ4n) is 2.52. The van der Waals surface area contributed by atoms with Gasteiger partial charge in [0, 0.05) is 6.54 Å². The van der Waals surface area contributed by atoms with Crippen molar-refractivity contribution in [2.75, 3.05) is 18.6 Å². The fraction of sp³-hybridized carbons (Fsp3) is 0.444. The summed E-state index contributed by atoms with van der Waals surface area (Å²) in [6, 6.07) is 15.2. The first-order chi connectivity index (χ1) is 9.92. The number of fused-ring (bicyclic) bond motifs is 1. The van der Waals surface area contributed by atoms with E-state index in [1.807, 2.05) is 11.8 Å². The maximum atomic E-state index is 3.58. The van der Waals surface area contributed by atoms with Gasteiger partial charge < -0.3 is 5.32 Å². The van der Waals surface area contributed by atoms with Crippen LogP contribution in [-0.4, -0.2) is 18.6 Å². The molecule has 0 saturated heterocycles. The van der Waals surface area contributed by atoms with E-state index in [0.717, 1.165) is 13.1 Å². The summed E-state index contributed by atoms with van der Waals surface area (Å²) in [6.07, 6.45) is 7.56. The lowest BCUT2D eigenvalue weighted by molar-refractivity contribution is 0.600. The SMILES string of the molecule is CSCCCCCCNCc1cccc2ccccc12. The Labute approximate surface area is 127 Å². The largest absolute Gasteiger partial charge is 0.313 e. The average Bonchev–Trinajstić information content (AvgIpc) is 2.50. The summed E-state index contributed by atoms with van der Waals surface area (Å²) >= 11 is 1.95. The maximum absolute atomic E-state index is 3.58. The molecule has 0 heterocycles. The van der Waals surface area contributed by atoms with Gasteiger partial charge in [0.2, 0.25) is 0 Å². The Kier molecular flexibility index (Phi) is 6.96. The molecule has 0 bridgehead atoms. The van der Waals surface area contributed by atoms with Crippen molar-refractivity contribution < 1.29 is 0 Å². The maximum Gasteiger partial charge on any atom is 0.0211 e. The van der Waals surface area contributed by atoms with Crippen molar-refractivity contribution in [3.63, 3.8) is 0 Å². The molecule has 2 heteroatoms. The van der Waals surface area contributed by atoms with E-state index in [0.29, 0.717) is 0 Å². The Balaban J connectivity index is 1.71. The fourth-order valence-corrected chi connectivity index (χ4v) is 3.01. The van der Waals surface area contributed by atoms with Crippen LogP contribution >= 0.6 is 11.8 Å². The Hall–Kier alpha value is -0.990. The van der Waals surface area contributed by atoms with Crippen LogP contribution in [0.25, 0.3) is 10.8 Å². The monoisotopic (exact) mass is 287 g/mol. The predicted molar refractivity (Wildman–Crippen MR) is 92.5 cm³/mol. The molecule has 0 aliphatic rings. The van der Waals surface area contributed by atoms with Gasteiger partial charge in [-0.3, -0.25) is 0 Å². The molecule has 0 fully saturated rings. The minimum Gasteiger partial charge on any atom is -0.313 e. The molecule has 0 aromatic heterocycles. The molecule has 2 aromatic rings. The second-order valence-corrected chi connectivity index (χ2v) is 6.21. The Morgan fingerprint density at radius 1 is 0.900 bits per heavy atom. The molecule has 0 radical (unpaired) electrons. The van der Waals surface area contributed by atoms with Crippen LogP contribution < -0.4 is 5.32 Å². The molecule has 0 atom stereocenters. The van der Waals surface area contributed by atoms with Crippen molar-refractivity contribution in [2.24, 2.45) is 0 Å². The zero-order valence-corrected chi connectivity index (χ0v) is 13.2. The van der Waals surface area contributed by atoms with Crippen molar-refractivity contribution in [2.45, 2.75) is 32.2 Å². The predicted octanol–water partition coefficient (Wildman–Crippen LogP) is 4.85. The van der Waals surface area contributed by atoms with Crippen LogP contribution in [0.2, 0.25) is 0 Å². The number of nitrogens with one attached hydrogen (secondary N) is 1. The highest BCUT2D eigenvalue weighted by atomic mass is 32.2. The summed E-state index contributed by atoms with van der Waals surface area (Å²) in [5.41, 5.74) is 1.41. The number of benzene rings is 2. The smallest absolute Gasteiger partial charge is 0.0211 e. The molecule has 0 aliphatic heterocycles. The molecule has 0 unspecified atom stereocenters. The van der Waals surface area contributed by atoms with E-state index in [4.69, 9.17) is 0 Å². The minimum atomic E-state index is 0.978. The molecule has 1 nitrogen and oxygen atoms in total. The molecule has 2 aromatic carbocycles. The lowest BCUT2D eigenvalue weighted by atomic mass is 10.0. The van der Waals surface area contributed by atoms with Gasteiger partial charge >= 0.3 is 0 Å². The summed E-state index contributed by atoms with van der Waals surface area (Å²) in [4.78, 5) is 0. The topological polar surface area (TPSA) is 12.0 Å². The molecule has 108 valence electrons. The summed E-state index contributed by atoms with van der Waals surface area (Å²) in [5, 5.41) is 6.29. The van der Waals surface area contributed by atoms with Gasteiger partial charge in [-0.05, 0) is 47.7 Å². The van der Waals surface area contributed by atoms with Crippen LogP contribution in [-0.2, 0) is 6.54 Å². The van der Waals surface area contributed by atoms with E-state index in [9.17, 15) is 0 Å². The standard InChI is InChI=1S/C18H25NS/c1-20-14-7-3-2-6-13-19-15-17-11-8-10-16-9-4-5-12-18(16)17/h4-5,8-12,19H,2-3,6-7,13-15H2,1H3. The molecule has 0 aliphatic carbocycles. The highest BCUT2D eigenvalue weighted by Gasteiger charge is 1.99. The number of hydrogen-bond donors (Lipinski definition) is 1. The summed E-state index contributed by atoms with van der Waals surface area (Å²) in [6.45, 7) is 2.11. The molecule has 0 amide bonds. The van der Waals surface area contributed by atoms with E-state index in [-0.39, 0.29) is 0 Å². The quantitative estimate of drug-likeness (QED) is 0.661. The Bertz CT molecular complexity index is 504. The van der Waals surface area contributed by atoms with E-state index in [1.165, 1.54) is 47.8 Å². The number of rotatable bonds is 9. The molecule has 0 spiro atoms. The van der Waals surface area contributed by atoms with Crippen molar-refractivity contribution in [3.05, 3.63) is 48.0 Å². The summed E-state index contributed by atoms with van der Waals surface area (Å²) in [5.74, 6) is 1.31. The first-order valence-electron chi connectivity index (χ1n) is 7.58. The average molecular weight is 287 g/mol. The van der Waals surface area contributed by atoms with Crippen molar-refractivity contribution >= 4 is 22.5 Å². The lowest BCUT2D eigenvalue weighted by Crippen LogP contribution is -2.14. The lowest BCUT2D eigenvalue weighted by Gasteiger charge is -2.08. The van der Waals surface area contributed by atoms with Gasteiger partial charge in [-0.1, -0.05) is 55.3 Å². The normalized spacial score (nSPS) is 11.1. The van der Waals surface area contributed by atoms with Gasteiger partial charge in [-0.2, -0.15) is 11.8 Å². The van der Waals surface area contributed by atoms with Gasteiger partial charge in [-0.25, -0.2) is 0 Å². The third-order valence-electron chi connectivity index (χ3n) is 3.65. The van der Waals surface area contributed by atoms with Gasteiger partial charge in [0.1, 0.15) is 0 Å². The summed E-state index contributed by atoms with van der Waals surface area (Å²) in [7, 11) is 0. The molecule has 0 saturated carbocycles. The van der Waals surface area contributed by atoms with Crippen molar-refractivity contribution in [1.29, 1.82) is 0 Å². The molecule has 1 N–H and O–H groups in total. The molecule has 2 rings (SSSR count). The van der Waals surface area contributed by atoms with E-state index in [2.05, 4.69) is 54.0 Å². The number of thioether (sulfide) groups is 1. The molecular weight excluding hydrogens is 262 g/mol. The van der Waals surface area contributed by atoms with Crippen molar-refractivity contribution in [1.82, 2.24) is 5.32 Å². The highest BCUT2D eigenvalue weighted by Crippen LogP contribution is 2.18. The Morgan fingerprint density at radius 3 is 2.60 bits per heavy atom. The van der Waals surface area contributed by atoms with Gasteiger partial charge in [0.15, 0.2) is 0 Å². The van der Waals surface area contributed by atoms with E-state index < -0.39 is 0 Å². The number of hydrogen-bond acceptors (Lipinski definition) is 2. The van der Waals surface area contributed by atoms with Gasteiger partial charge in [-0.15, -0.1) is 0 Å². The van der Waals surface area contributed by atoms with Crippen LogP contribution in [0.5, 0.6) is 0 Å².